The molecule has 0 spiro atoms. The molecule has 1 fully saturated rings. The van der Waals surface area contributed by atoms with Crippen molar-refractivity contribution >= 4 is 23.9 Å². The molecule has 1 saturated heterocycles. The molecule has 1 aliphatic heterocycles. The maximum atomic E-state index is 12.4. The van der Waals surface area contributed by atoms with Gasteiger partial charge in [0.1, 0.15) is 5.60 Å². The van der Waals surface area contributed by atoms with Crippen molar-refractivity contribution in [2.45, 2.75) is 60.1 Å². The molecule has 2 rings (SSSR count). The van der Waals surface area contributed by atoms with E-state index in [0.717, 1.165) is 6.54 Å². The van der Waals surface area contributed by atoms with Gasteiger partial charge in [-0.1, -0.05) is 20.8 Å². The number of nitrogens with zero attached hydrogens (tertiary/aromatic N) is 5. The molecule has 0 unspecified atom stereocenters. The monoisotopic (exact) mass is 379 g/mol. The SMILES string of the molecule is C[C@H]1CN(c2nc(N)nc(NCC(C)(C)C)n2)CCN1C(=O)OC(C)(C)C. The maximum absolute atomic E-state index is 12.4. The van der Waals surface area contributed by atoms with E-state index in [1.807, 2.05) is 32.6 Å². The highest BCUT2D eigenvalue weighted by Gasteiger charge is 2.32. The molecular formula is C18H33N7O2. The zero-order chi connectivity index (χ0) is 20.4. The molecule has 3 N–H and O–H groups in total. The summed E-state index contributed by atoms with van der Waals surface area (Å²) in [6, 6.07) is -0.0300. The van der Waals surface area contributed by atoms with Gasteiger partial charge in [0.25, 0.3) is 0 Å². The minimum Gasteiger partial charge on any atom is -0.444 e. The molecular weight excluding hydrogens is 346 g/mol. The average molecular weight is 380 g/mol. The Morgan fingerprint density at radius 2 is 1.85 bits per heavy atom. The molecule has 1 aromatic heterocycles. The smallest absolute Gasteiger partial charge is 0.410 e. The number of carbonyl (C=O) groups excluding carboxylic acids is 1. The highest BCUT2D eigenvalue weighted by Crippen LogP contribution is 2.20. The molecule has 27 heavy (non-hydrogen) atoms. The second kappa shape index (κ2) is 7.74. The van der Waals surface area contributed by atoms with E-state index >= 15 is 0 Å². The predicted octanol–water partition coefficient (Wildman–Crippen LogP) is 2.36. The molecule has 9 nitrogen and oxygen atoms in total. The summed E-state index contributed by atoms with van der Waals surface area (Å²) in [6.07, 6.45) is -0.294. The van der Waals surface area contributed by atoms with Gasteiger partial charge >= 0.3 is 6.09 Å². The molecule has 2 heterocycles. The van der Waals surface area contributed by atoms with E-state index in [9.17, 15) is 4.79 Å². The summed E-state index contributed by atoms with van der Waals surface area (Å²) in [5.41, 5.74) is 5.45. The average Bonchev–Trinajstić information content (AvgIpc) is 2.50. The number of nitrogens with one attached hydrogen (secondary N) is 1. The van der Waals surface area contributed by atoms with E-state index in [0.29, 0.717) is 31.5 Å². The molecule has 0 bridgehead atoms. The molecule has 1 aromatic rings. The lowest BCUT2D eigenvalue weighted by molar-refractivity contribution is 0.0158. The Labute approximate surface area is 161 Å². The third-order valence-electron chi connectivity index (χ3n) is 3.96. The zero-order valence-electron chi connectivity index (χ0n) is 17.5. The van der Waals surface area contributed by atoms with Crippen LogP contribution in [-0.2, 0) is 4.74 Å². The van der Waals surface area contributed by atoms with Crippen molar-refractivity contribution in [3.63, 3.8) is 0 Å². The maximum Gasteiger partial charge on any atom is 0.410 e. The molecule has 1 atom stereocenters. The number of nitrogens with two attached hydrogens (primary N) is 1. The number of ether oxygens (including phenoxy) is 1. The Morgan fingerprint density at radius 3 is 2.41 bits per heavy atom. The number of aromatic nitrogens is 3. The summed E-state index contributed by atoms with van der Waals surface area (Å²) in [6.45, 7) is 16.4. The fourth-order valence-corrected chi connectivity index (χ4v) is 2.68. The number of anilines is 3. The summed E-state index contributed by atoms with van der Waals surface area (Å²) < 4.78 is 5.49. The number of nitrogen functional groups attached to an aromatic ring is 1. The number of carbonyl (C=O) groups is 1. The molecule has 1 aliphatic rings. The first-order valence-corrected chi connectivity index (χ1v) is 9.34. The van der Waals surface area contributed by atoms with Crippen LogP contribution in [0.15, 0.2) is 0 Å². The van der Waals surface area contributed by atoms with Crippen LogP contribution in [0.1, 0.15) is 48.5 Å². The number of hydrogen-bond acceptors (Lipinski definition) is 8. The first-order chi connectivity index (χ1) is 12.3. The zero-order valence-corrected chi connectivity index (χ0v) is 17.5. The highest BCUT2D eigenvalue weighted by atomic mass is 16.6. The van der Waals surface area contributed by atoms with Crippen LogP contribution in [0, 0.1) is 5.41 Å². The predicted molar refractivity (Wildman–Crippen MR) is 107 cm³/mol. The molecule has 0 aliphatic carbocycles. The van der Waals surface area contributed by atoms with E-state index in [4.69, 9.17) is 10.5 Å². The van der Waals surface area contributed by atoms with Crippen molar-refractivity contribution in [1.82, 2.24) is 19.9 Å². The second-order valence-electron chi connectivity index (χ2n) is 9.20. The fourth-order valence-electron chi connectivity index (χ4n) is 2.68. The van der Waals surface area contributed by atoms with Crippen LogP contribution < -0.4 is 16.0 Å². The van der Waals surface area contributed by atoms with Gasteiger partial charge < -0.3 is 25.6 Å². The van der Waals surface area contributed by atoms with Gasteiger partial charge in [-0.3, -0.25) is 0 Å². The van der Waals surface area contributed by atoms with Gasteiger partial charge in [-0.25, -0.2) is 4.79 Å². The van der Waals surface area contributed by atoms with Crippen LogP contribution in [0.3, 0.4) is 0 Å². The van der Waals surface area contributed by atoms with E-state index in [1.165, 1.54) is 0 Å². The highest BCUT2D eigenvalue weighted by molar-refractivity contribution is 5.69. The molecule has 152 valence electrons. The number of amides is 1. The Kier molecular flexibility index (Phi) is 6.01. The van der Waals surface area contributed by atoms with Gasteiger partial charge in [-0.2, -0.15) is 15.0 Å². The van der Waals surface area contributed by atoms with Gasteiger partial charge in [-0.15, -0.1) is 0 Å². The molecule has 0 aromatic carbocycles. The third-order valence-corrected chi connectivity index (χ3v) is 3.96. The summed E-state index contributed by atoms with van der Waals surface area (Å²) in [5.74, 6) is 1.17. The lowest BCUT2D eigenvalue weighted by Crippen LogP contribution is -2.55. The van der Waals surface area contributed by atoms with E-state index in [1.54, 1.807) is 4.90 Å². The summed E-state index contributed by atoms with van der Waals surface area (Å²) in [7, 11) is 0. The lowest BCUT2D eigenvalue weighted by atomic mass is 9.97. The van der Waals surface area contributed by atoms with Crippen molar-refractivity contribution in [2.75, 3.05) is 42.1 Å². The number of rotatable bonds is 3. The third kappa shape index (κ3) is 6.41. The van der Waals surface area contributed by atoms with Crippen molar-refractivity contribution in [1.29, 1.82) is 0 Å². The van der Waals surface area contributed by atoms with E-state index in [-0.39, 0.29) is 23.5 Å². The minimum atomic E-state index is -0.510. The largest absolute Gasteiger partial charge is 0.444 e. The Morgan fingerprint density at radius 1 is 1.19 bits per heavy atom. The summed E-state index contributed by atoms with van der Waals surface area (Å²) in [4.78, 5) is 29.1. The Bertz CT molecular complexity index is 667. The van der Waals surface area contributed by atoms with Crippen LogP contribution in [0.5, 0.6) is 0 Å². The first kappa shape index (κ1) is 21.0. The van der Waals surface area contributed by atoms with Crippen LogP contribution in [0.2, 0.25) is 0 Å². The van der Waals surface area contributed by atoms with E-state index in [2.05, 4.69) is 41.0 Å². The number of piperazine rings is 1. The normalized spacial score (nSPS) is 18.4. The summed E-state index contributed by atoms with van der Waals surface area (Å²) >= 11 is 0. The molecule has 0 saturated carbocycles. The molecule has 0 radical (unpaired) electrons. The molecule has 9 heteroatoms. The van der Waals surface area contributed by atoms with Crippen molar-refractivity contribution in [3.05, 3.63) is 0 Å². The Balaban J connectivity index is 2.06. The second-order valence-corrected chi connectivity index (χ2v) is 9.20. The standard InChI is InChI=1S/C18H33N7O2/c1-12-10-24(8-9-25(12)16(26)27-18(5,6)7)15-22-13(19)21-14(23-15)20-11-17(2,3)4/h12H,8-11H2,1-7H3,(H3,19,20,21,22,23)/t12-/m0/s1. The first-order valence-electron chi connectivity index (χ1n) is 9.34. The van der Waals surface area contributed by atoms with Gasteiger partial charge in [0.2, 0.25) is 17.8 Å². The van der Waals surface area contributed by atoms with Crippen molar-refractivity contribution in [3.8, 4) is 0 Å². The number of hydrogen-bond donors (Lipinski definition) is 2. The van der Waals surface area contributed by atoms with Crippen LogP contribution in [0.25, 0.3) is 0 Å². The fraction of sp³-hybridized carbons (Fsp3) is 0.778. The molecule has 1 amide bonds. The van der Waals surface area contributed by atoms with Gasteiger partial charge in [0.15, 0.2) is 0 Å². The van der Waals surface area contributed by atoms with Gasteiger partial charge in [0, 0.05) is 32.2 Å². The Hall–Kier alpha value is -2.32. The topological polar surface area (TPSA) is 110 Å². The van der Waals surface area contributed by atoms with Crippen LogP contribution in [0.4, 0.5) is 22.6 Å². The van der Waals surface area contributed by atoms with Crippen LogP contribution in [-0.4, -0.2) is 63.8 Å². The van der Waals surface area contributed by atoms with Gasteiger partial charge in [0.05, 0.1) is 0 Å². The quantitative estimate of drug-likeness (QED) is 0.824. The van der Waals surface area contributed by atoms with E-state index < -0.39 is 5.60 Å². The lowest BCUT2D eigenvalue weighted by Gasteiger charge is -2.40. The van der Waals surface area contributed by atoms with Crippen molar-refractivity contribution < 1.29 is 9.53 Å². The van der Waals surface area contributed by atoms with Gasteiger partial charge in [-0.05, 0) is 33.1 Å². The van der Waals surface area contributed by atoms with Crippen LogP contribution >= 0.6 is 0 Å². The summed E-state index contributed by atoms with van der Waals surface area (Å²) in [5, 5.41) is 3.22. The minimum absolute atomic E-state index is 0.0300. The van der Waals surface area contributed by atoms with Crippen molar-refractivity contribution in [2.24, 2.45) is 5.41 Å².